The molecule has 3 saturated heterocycles. The first-order chi connectivity index (χ1) is 8.50. The minimum Gasteiger partial charge on any atom is -0.450 e. The molecule has 0 aromatic carbocycles. The van der Waals surface area contributed by atoms with Crippen LogP contribution in [0.25, 0.3) is 0 Å². The molecule has 3 fully saturated rings. The lowest BCUT2D eigenvalue weighted by atomic mass is 10.0. The van der Waals surface area contributed by atoms with E-state index in [0.29, 0.717) is 6.42 Å². The highest BCUT2D eigenvalue weighted by atomic mass is 32.1. The summed E-state index contributed by atoms with van der Waals surface area (Å²) in [6.07, 6.45) is 1.04. The zero-order valence-electron chi connectivity index (χ0n) is 10.3. The fraction of sp³-hybridized carbons (Fsp3) is 0.750. The van der Waals surface area contributed by atoms with Crippen molar-refractivity contribution < 1.29 is 23.7 Å². The maximum Gasteiger partial charge on any atom is 0.353 e. The molecule has 6 heteroatoms. The molecule has 0 aromatic heterocycles. The molecule has 18 heavy (non-hydrogen) atoms. The summed E-state index contributed by atoms with van der Waals surface area (Å²) in [7, 11) is 0. The molecule has 0 spiro atoms. The molecule has 5 atom stereocenters. The van der Waals surface area contributed by atoms with Crippen molar-refractivity contribution in [3.05, 3.63) is 12.7 Å². The van der Waals surface area contributed by atoms with E-state index in [1.54, 1.807) is 6.08 Å². The Bertz CT molecular complexity index is 383. The summed E-state index contributed by atoms with van der Waals surface area (Å²) in [4.78, 5) is 0. The van der Waals surface area contributed by atoms with Crippen molar-refractivity contribution >= 4 is 17.5 Å². The minimum atomic E-state index is -0.655. The molecule has 0 N–H and O–H groups in total. The van der Waals surface area contributed by atoms with Crippen LogP contribution in [0.15, 0.2) is 12.7 Å². The normalized spacial score (nSPS) is 44.8. The SMILES string of the molecule is C=CC[C@H]1OC(=S)OC2[C@H]3OC(C)(C)O[C@H]3O[C@@H]21. The summed E-state index contributed by atoms with van der Waals surface area (Å²) < 4.78 is 28.3. The van der Waals surface area contributed by atoms with Gasteiger partial charge in [-0.15, -0.1) is 6.58 Å². The lowest BCUT2D eigenvalue weighted by Gasteiger charge is -2.35. The molecule has 5 nitrogen and oxygen atoms in total. The van der Waals surface area contributed by atoms with E-state index in [0.717, 1.165) is 0 Å². The van der Waals surface area contributed by atoms with E-state index >= 15 is 0 Å². The fourth-order valence-electron chi connectivity index (χ4n) is 2.61. The highest BCUT2D eigenvalue weighted by Gasteiger charge is 2.60. The van der Waals surface area contributed by atoms with Crippen LogP contribution in [0.3, 0.4) is 0 Å². The van der Waals surface area contributed by atoms with Crippen LogP contribution in [0.5, 0.6) is 0 Å². The van der Waals surface area contributed by atoms with Gasteiger partial charge in [-0.3, -0.25) is 0 Å². The topological polar surface area (TPSA) is 46.2 Å². The van der Waals surface area contributed by atoms with Crippen LogP contribution in [0, 0.1) is 0 Å². The molecule has 0 aliphatic carbocycles. The van der Waals surface area contributed by atoms with Crippen molar-refractivity contribution in [3.8, 4) is 0 Å². The predicted molar refractivity (Wildman–Crippen MR) is 65.9 cm³/mol. The first kappa shape index (κ1) is 12.3. The van der Waals surface area contributed by atoms with E-state index in [2.05, 4.69) is 6.58 Å². The summed E-state index contributed by atoms with van der Waals surface area (Å²) in [5.74, 6) is -0.655. The fourth-order valence-corrected chi connectivity index (χ4v) is 2.85. The molecule has 3 heterocycles. The summed E-state index contributed by atoms with van der Waals surface area (Å²) in [6, 6.07) is 0. The standard InChI is InChI=1S/C12H16O5S/c1-4-5-6-7-8(15-11(18)13-6)9-10(14-7)17-12(2,3)16-9/h4,6-10H,1,5H2,2-3H3/t6-,7-,8?,9-,10-/m1/s1. The molecule has 0 aromatic rings. The van der Waals surface area contributed by atoms with Crippen molar-refractivity contribution in [2.24, 2.45) is 0 Å². The molecule has 0 amide bonds. The first-order valence-corrected chi connectivity index (χ1v) is 6.40. The van der Waals surface area contributed by atoms with Gasteiger partial charge in [0.2, 0.25) is 0 Å². The van der Waals surface area contributed by atoms with E-state index in [-0.39, 0.29) is 29.7 Å². The van der Waals surface area contributed by atoms with Gasteiger partial charge in [0, 0.05) is 18.6 Å². The summed E-state index contributed by atoms with van der Waals surface area (Å²) in [6.45, 7) is 7.41. The largest absolute Gasteiger partial charge is 0.450 e. The Morgan fingerprint density at radius 2 is 2.00 bits per heavy atom. The van der Waals surface area contributed by atoms with Gasteiger partial charge in [0.05, 0.1) is 0 Å². The molecule has 3 aliphatic heterocycles. The molecular formula is C12H16O5S. The van der Waals surface area contributed by atoms with Crippen molar-refractivity contribution in [3.63, 3.8) is 0 Å². The van der Waals surface area contributed by atoms with Crippen molar-refractivity contribution in [1.82, 2.24) is 0 Å². The van der Waals surface area contributed by atoms with Gasteiger partial charge in [0.15, 0.2) is 24.3 Å². The zero-order chi connectivity index (χ0) is 12.9. The maximum atomic E-state index is 5.83. The van der Waals surface area contributed by atoms with Gasteiger partial charge in [-0.2, -0.15) is 0 Å². The summed E-state index contributed by atoms with van der Waals surface area (Å²) >= 11 is 5.01. The molecule has 0 saturated carbocycles. The third-order valence-corrected chi connectivity index (χ3v) is 3.46. The minimum absolute atomic E-state index is 0.139. The van der Waals surface area contributed by atoms with Crippen LogP contribution in [0.1, 0.15) is 20.3 Å². The number of rotatable bonds is 2. The van der Waals surface area contributed by atoms with E-state index < -0.39 is 12.1 Å². The van der Waals surface area contributed by atoms with E-state index in [1.807, 2.05) is 13.8 Å². The zero-order valence-corrected chi connectivity index (χ0v) is 11.1. The van der Waals surface area contributed by atoms with E-state index in [4.69, 9.17) is 35.9 Å². The van der Waals surface area contributed by atoms with E-state index in [9.17, 15) is 0 Å². The molecule has 3 rings (SSSR count). The Hall–Kier alpha value is -0.690. The molecule has 0 bridgehead atoms. The highest BCUT2D eigenvalue weighted by Crippen LogP contribution is 2.42. The number of thiocarbonyl (C=S) groups is 1. The maximum absolute atomic E-state index is 5.83. The summed E-state index contributed by atoms with van der Waals surface area (Å²) in [5, 5.41) is 0.139. The van der Waals surface area contributed by atoms with Gasteiger partial charge in [0.1, 0.15) is 12.2 Å². The van der Waals surface area contributed by atoms with Gasteiger partial charge < -0.3 is 23.7 Å². The summed E-state index contributed by atoms with van der Waals surface area (Å²) in [5.41, 5.74) is 0. The Balaban J connectivity index is 1.80. The van der Waals surface area contributed by atoms with Crippen molar-refractivity contribution in [2.45, 2.75) is 56.8 Å². The average Bonchev–Trinajstić information content (AvgIpc) is 2.72. The Kier molecular flexibility index (Phi) is 2.85. The molecule has 0 radical (unpaired) electrons. The van der Waals surface area contributed by atoms with Gasteiger partial charge in [-0.1, -0.05) is 6.08 Å². The second-order valence-corrected chi connectivity index (χ2v) is 5.42. The quantitative estimate of drug-likeness (QED) is 0.561. The third-order valence-electron chi connectivity index (χ3n) is 3.27. The Morgan fingerprint density at radius 1 is 1.22 bits per heavy atom. The number of fused-ring (bicyclic) bond motifs is 3. The van der Waals surface area contributed by atoms with Crippen LogP contribution in [0.2, 0.25) is 0 Å². The van der Waals surface area contributed by atoms with Crippen LogP contribution >= 0.6 is 12.2 Å². The second-order valence-electron chi connectivity index (χ2n) is 5.08. The number of hydrogen-bond acceptors (Lipinski definition) is 6. The smallest absolute Gasteiger partial charge is 0.353 e. The number of ether oxygens (including phenoxy) is 5. The van der Waals surface area contributed by atoms with Gasteiger partial charge >= 0.3 is 5.24 Å². The van der Waals surface area contributed by atoms with Gasteiger partial charge in [-0.05, 0) is 13.8 Å². The third kappa shape index (κ3) is 1.93. The Labute approximate surface area is 111 Å². The lowest BCUT2D eigenvalue weighted by molar-refractivity contribution is -0.232. The number of hydrogen-bond donors (Lipinski definition) is 0. The average molecular weight is 272 g/mol. The molecule has 1 unspecified atom stereocenters. The highest BCUT2D eigenvalue weighted by molar-refractivity contribution is 7.79. The lowest BCUT2D eigenvalue weighted by Crippen LogP contribution is -2.49. The van der Waals surface area contributed by atoms with Crippen molar-refractivity contribution in [2.75, 3.05) is 0 Å². The second kappa shape index (κ2) is 4.16. The van der Waals surface area contributed by atoms with Crippen LogP contribution in [0.4, 0.5) is 0 Å². The van der Waals surface area contributed by atoms with Gasteiger partial charge in [-0.25, -0.2) is 0 Å². The van der Waals surface area contributed by atoms with Crippen LogP contribution in [-0.2, 0) is 23.7 Å². The first-order valence-electron chi connectivity index (χ1n) is 5.99. The van der Waals surface area contributed by atoms with Crippen molar-refractivity contribution in [1.29, 1.82) is 0 Å². The van der Waals surface area contributed by atoms with Crippen LogP contribution < -0.4 is 0 Å². The van der Waals surface area contributed by atoms with Crippen LogP contribution in [-0.4, -0.2) is 41.7 Å². The molecular weight excluding hydrogens is 256 g/mol. The molecule has 3 aliphatic rings. The Morgan fingerprint density at radius 3 is 2.72 bits per heavy atom. The molecule has 100 valence electrons. The predicted octanol–water partition coefficient (Wildman–Crippen LogP) is 1.51. The van der Waals surface area contributed by atoms with Gasteiger partial charge in [0.25, 0.3) is 0 Å². The monoisotopic (exact) mass is 272 g/mol. The van der Waals surface area contributed by atoms with E-state index in [1.165, 1.54) is 0 Å².